The Morgan fingerprint density at radius 3 is 2.50 bits per heavy atom. The molecule has 2 aliphatic rings. The molecule has 1 aliphatic carbocycles. The van der Waals surface area contributed by atoms with Crippen LogP contribution in [-0.2, 0) is 16.1 Å². The molecule has 1 aromatic rings. The van der Waals surface area contributed by atoms with Crippen molar-refractivity contribution in [1.82, 2.24) is 4.90 Å². The highest BCUT2D eigenvalue weighted by molar-refractivity contribution is 5.82. The van der Waals surface area contributed by atoms with Gasteiger partial charge in [0, 0.05) is 5.92 Å². The summed E-state index contributed by atoms with van der Waals surface area (Å²) >= 11 is 0. The molecule has 1 saturated heterocycles. The summed E-state index contributed by atoms with van der Waals surface area (Å²) in [7, 11) is 0. The number of aliphatic hydroxyl groups excluding tert-OH is 2. The lowest BCUT2D eigenvalue weighted by atomic mass is 9.95. The van der Waals surface area contributed by atoms with Gasteiger partial charge >= 0.3 is 12.1 Å². The summed E-state index contributed by atoms with van der Waals surface area (Å²) in [5, 5.41) is 29.0. The van der Waals surface area contributed by atoms with E-state index in [0.29, 0.717) is 0 Å². The Morgan fingerprint density at radius 2 is 1.86 bits per heavy atom. The minimum Gasteiger partial charge on any atom is -0.480 e. The van der Waals surface area contributed by atoms with E-state index in [4.69, 9.17) is 4.74 Å². The van der Waals surface area contributed by atoms with E-state index in [1.807, 2.05) is 6.07 Å². The second kappa shape index (κ2) is 5.58. The average Bonchev–Trinajstić information content (AvgIpc) is 3.03. The Labute approximate surface area is 126 Å². The van der Waals surface area contributed by atoms with E-state index in [-0.39, 0.29) is 13.0 Å². The van der Waals surface area contributed by atoms with E-state index >= 15 is 0 Å². The first-order valence-electron chi connectivity index (χ1n) is 7.08. The molecule has 1 aromatic carbocycles. The minimum absolute atomic E-state index is 0.0263. The third-order valence-electron chi connectivity index (χ3n) is 4.43. The van der Waals surface area contributed by atoms with Crippen LogP contribution in [-0.4, -0.2) is 56.6 Å². The lowest BCUT2D eigenvalue weighted by Gasteiger charge is -2.37. The normalized spacial score (nSPS) is 33.0. The van der Waals surface area contributed by atoms with Crippen LogP contribution in [0.4, 0.5) is 4.79 Å². The van der Waals surface area contributed by atoms with Crippen molar-refractivity contribution >= 4 is 12.1 Å². The number of rotatable bonds is 3. The number of aliphatic carboxylic acids is 1. The first-order valence-corrected chi connectivity index (χ1v) is 7.08. The summed E-state index contributed by atoms with van der Waals surface area (Å²) in [6.07, 6.45) is -2.77. The summed E-state index contributed by atoms with van der Waals surface area (Å²) < 4.78 is 5.16. The smallest absolute Gasteiger partial charge is 0.411 e. The van der Waals surface area contributed by atoms with E-state index in [2.05, 4.69) is 0 Å². The molecule has 1 aliphatic heterocycles. The number of carbonyl (C=O) groups excluding carboxylic acids is 1. The van der Waals surface area contributed by atoms with Gasteiger partial charge in [-0.15, -0.1) is 0 Å². The number of carboxylic acids is 1. The van der Waals surface area contributed by atoms with Crippen molar-refractivity contribution in [3.63, 3.8) is 0 Å². The SMILES string of the molecule is O=C(O)C1C2CC(C(O)C2O)N1C(=O)OCc1ccccc1. The minimum atomic E-state index is -1.20. The summed E-state index contributed by atoms with van der Waals surface area (Å²) in [5.74, 6) is -1.86. The summed E-state index contributed by atoms with van der Waals surface area (Å²) in [4.78, 5) is 24.7. The van der Waals surface area contributed by atoms with E-state index in [1.165, 1.54) is 0 Å². The molecule has 1 amide bonds. The largest absolute Gasteiger partial charge is 0.480 e. The van der Waals surface area contributed by atoms with Crippen molar-refractivity contribution in [2.24, 2.45) is 5.92 Å². The van der Waals surface area contributed by atoms with Crippen LogP contribution in [0.2, 0.25) is 0 Å². The monoisotopic (exact) mass is 307 g/mol. The van der Waals surface area contributed by atoms with Gasteiger partial charge in [-0.05, 0) is 12.0 Å². The number of hydrogen-bond donors (Lipinski definition) is 3. The highest BCUT2D eigenvalue weighted by Gasteiger charge is 2.61. The van der Waals surface area contributed by atoms with Gasteiger partial charge in [-0.1, -0.05) is 30.3 Å². The summed E-state index contributed by atoms with van der Waals surface area (Å²) in [6.45, 7) is 0.0263. The molecule has 1 heterocycles. The molecule has 1 saturated carbocycles. The number of benzene rings is 1. The number of nitrogens with zero attached hydrogens (tertiary/aromatic N) is 1. The van der Waals surface area contributed by atoms with E-state index < -0.39 is 42.3 Å². The molecule has 0 spiro atoms. The molecule has 5 atom stereocenters. The van der Waals surface area contributed by atoms with Gasteiger partial charge in [-0.25, -0.2) is 9.59 Å². The third-order valence-corrected chi connectivity index (χ3v) is 4.43. The Kier molecular flexibility index (Phi) is 3.76. The second-order valence-corrected chi connectivity index (χ2v) is 5.68. The average molecular weight is 307 g/mol. The number of fused-ring (bicyclic) bond motifs is 2. The highest BCUT2D eigenvalue weighted by atomic mass is 16.6. The molecular formula is C15H17NO6. The maximum absolute atomic E-state index is 12.2. The van der Waals surface area contributed by atoms with Gasteiger partial charge in [-0.2, -0.15) is 0 Å². The van der Waals surface area contributed by atoms with Crippen LogP contribution in [0, 0.1) is 5.92 Å². The van der Waals surface area contributed by atoms with Gasteiger partial charge in [0.1, 0.15) is 18.8 Å². The molecule has 22 heavy (non-hydrogen) atoms. The van der Waals surface area contributed by atoms with Crippen LogP contribution in [0.3, 0.4) is 0 Å². The molecule has 118 valence electrons. The van der Waals surface area contributed by atoms with Crippen LogP contribution >= 0.6 is 0 Å². The molecule has 3 N–H and O–H groups in total. The number of piperidine rings is 1. The number of carbonyl (C=O) groups is 2. The number of likely N-dealkylation sites (tertiary alicyclic amines) is 1. The molecular weight excluding hydrogens is 290 g/mol. The van der Waals surface area contributed by atoms with Crippen LogP contribution in [0.5, 0.6) is 0 Å². The maximum Gasteiger partial charge on any atom is 0.411 e. The first-order chi connectivity index (χ1) is 10.5. The zero-order valence-electron chi connectivity index (χ0n) is 11.7. The summed E-state index contributed by atoms with van der Waals surface area (Å²) in [6, 6.07) is 7.15. The third kappa shape index (κ3) is 2.32. The fraction of sp³-hybridized carbons (Fsp3) is 0.467. The number of ether oxygens (including phenoxy) is 1. The predicted octanol–water partition coefficient (Wildman–Crippen LogP) is 0.202. The Hall–Kier alpha value is -2.12. The Morgan fingerprint density at radius 1 is 1.18 bits per heavy atom. The maximum atomic E-state index is 12.2. The van der Waals surface area contributed by atoms with Crippen molar-refractivity contribution in [3.05, 3.63) is 35.9 Å². The van der Waals surface area contributed by atoms with Gasteiger partial charge in [0.2, 0.25) is 0 Å². The van der Waals surface area contributed by atoms with E-state index in [0.717, 1.165) is 10.5 Å². The fourth-order valence-electron chi connectivity index (χ4n) is 3.39. The fourth-order valence-corrected chi connectivity index (χ4v) is 3.39. The van der Waals surface area contributed by atoms with E-state index in [1.54, 1.807) is 24.3 Å². The van der Waals surface area contributed by atoms with Gasteiger partial charge in [-0.3, -0.25) is 4.90 Å². The molecule has 7 nitrogen and oxygen atoms in total. The Balaban J connectivity index is 1.72. The van der Waals surface area contributed by atoms with Crippen molar-refractivity contribution < 1.29 is 29.6 Å². The quantitative estimate of drug-likeness (QED) is 0.736. The topological polar surface area (TPSA) is 107 Å². The molecule has 2 fully saturated rings. The number of aliphatic hydroxyl groups is 2. The molecule has 0 radical (unpaired) electrons. The van der Waals surface area contributed by atoms with Crippen molar-refractivity contribution in [3.8, 4) is 0 Å². The number of carboxylic acid groups (broad SMARTS) is 1. The molecule has 3 rings (SSSR count). The van der Waals surface area contributed by atoms with Crippen molar-refractivity contribution in [2.75, 3.05) is 0 Å². The van der Waals surface area contributed by atoms with Gasteiger partial charge < -0.3 is 20.1 Å². The lowest BCUT2D eigenvalue weighted by Crippen LogP contribution is -2.58. The molecule has 2 bridgehead atoms. The van der Waals surface area contributed by atoms with Crippen molar-refractivity contribution in [1.29, 1.82) is 0 Å². The summed E-state index contributed by atoms with van der Waals surface area (Å²) in [5.41, 5.74) is 0.785. The van der Waals surface area contributed by atoms with Crippen LogP contribution < -0.4 is 0 Å². The standard InChI is InChI=1S/C15H17NO6/c17-12-9-6-10(13(12)18)16(11(9)14(19)20)15(21)22-7-8-4-2-1-3-5-8/h1-5,9-13,17-18H,6-7H2,(H,19,20). The van der Waals surface area contributed by atoms with Crippen LogP contribution in [0.15, 0.2) is 30.3 Å². The van der Waals surface area contributed by atoms with Crippen molar-refractivity contribution in [2.45, 2.75) is 37.3 Å². The highest BCUT2D eigenvalue weighted by Crippen LogP contribution is 2.43. The van der Waals surface area contributed by atoms with Crippen LogP contribution in [0.1, 0.15) is 12.0 Å². The first kappa shape index (κ1) is 14.8. The molecule has 0 aromatic heterocycles. The van der Waals surface area contributed by atoms with E-state index in [9.17, 15) is 24.9 Å². The predicted molar refractivity (Wildman–Crippen MR) is 73.8 cm³/mol. The van der Waals surface area contributed by atoms with Crippen LogP contribution in [0.25, 0.3) is 0 Å². The zero-order chi connectivity index (χ0) is 15.9. The zero-order valence-corrected chi connectivity index (χ0v) is 11.7. The second-order valence-electron chi connectivity index (χ2n) is 5.68. The van der Waals surface area contributed by atoms with Gasteiger partial charge in [0.15, 0.2) is 0 Å². The van der Waals surface area contributed by atoms with Gasteiger partial charge in [0.05, 0.1) is 12.1 Å². The molecule has 7 heteroatoms. The number of hydrogen-bond acceptors (Lipinski definition) is 5. The lowest BCUT2D eigenvalue weighted by molar-refractivity contribution is -0.150. The molecule has 5 unspecified atom stereocenters. The Bertz CT molecular complexity index is 577. The van der Waals surface area contributed by atoms with Gasteiger partial charge in [0.25, 0.3) is 0 Å². The number of amides is 1.